The van der Waals surface area contributed by atoms with Crippen molar-refractivity contribution in [2.45, 2.75) is 43.9 Å². The second kappa shape index (κ2) is 7.93. The molecule has 1 rings (SSSR count). The highest BCUT2D eigenvalue weighted by atomic mass is 32.2. The molecule has 0 amide bonds. The number of nitriles is 1. The quantitative estimate of drug-likeness (QED) is 0.744. The zero-order valence-corrected chi connectivity index (χ0v) is 12.0. The van der Waals surface area contributed by atoms with Crippen LogP contribution in [0.4, 0.5) is 0 Å². The first-order valence-corrected chi connectivity index (χ1v) is 8.09. The van der Waals surface area contributed by atoms with Crippen molar-refractivity contribution in [3.63, 3.8) is 0 Å². The molecule has 19 heavy (non-hydrogen) atoms. The molecule has 0 radical (unpaired) electrons. The lowest BCUT2D eigenvalue weighted by molar-refractivity contribution is 0.570. The highest BCUT2D eigenvalue weighted by Crippen LogP contribution is 2.14. The standard InChI is InChI=1S/C14H20N2O2S/c1-2-3-4-5-8-11-16-19(17,18)14-10-7-6-9-13(14)12-15/h6-7,9-10,16H,2-5,8,11H2,1H3. The minimum atomic E-state index is -3.57. The SMILES string of the molecule is CCCCCCCNS(=O)(=O)c1ccccc1C#N. The van der Waals surface area contributed by atoms with E-state index in [1.807, 2.05) is 6.07 Å². The first-order chi connectivity index (χ1) is 9.11. The van der Waals surface area contributed by atoms with Gasteiger partial charge in [-0.3, -0.25) is 0 Å². The maximum atomic E-state index is 12.0. The van der Waals surface area contributed by atoms with Crippen LogP contribution < -0.4 is 4.72 Å². The summed E-state index contributed by atoms with van der Waals surface area (Å²) in [4.78, 5) is 0.0612. The molecule has 0 aliphatic heterocycles. The van der Waals surface area contributed by atoms with Crippen LogP contribution in [0.15, 0.2) is 29.2 Å². The number of unbranched alkanes of at least 4 members (excludes halogenated alkanes) is 4. The smallest absolute Gasteiger partial charge is 0.211 e. The molecular weight excluding hydrogens is 260 g/mol. The second-order valence-corrected chi connectivity index (χ2v) is 6.16. The third kappa shape index (κ3) is 5.01. The zero-order valence-electron chi connectivity index (χ0n) is 11.2. The number of hydrogen-bond donors (Lipinski definition) is 1. The Hall–Kier alpha value is -1.38. The predicted molar refractivity (Wildman–Crippen MR) is 75.1 cm³/mol. The Labute approximate surface area is 115 Å². The van der Waals surface area contributed by atoms with Crippen molar-refractivity contribution < 1.29 is 8.42 Å². The van der Waals surface area contributed by atoms with Crippen molar-refractivity contribution in [2.24, 2.45) is 0 Å². The van der Waals surface area contributed by atoms with Gasteiger partial charge in [-0.25, -0.2) is 13.1 Å². The molecule has 0 unspecified atom stereocenters. The normalized spacial score (nSPS) is 11.2. The fourth-order valence-electron chi connectivity index (χ4n) is 1.81. The topological polar surface area (TPSA) is 70.0 Å². The maximum Gasteiger partial charge on any atom is 0.241 e. The highest BCUT2D eigenvalue weighted by molar-refractivity contribution is 7.89. The first kappa shape index (κ1) is 15.7. The minimum absolute atomic E-state index is 0.0612. The van der Waals surface area contributed by atoms with Gasteiger partial charge >= 0.3 is 0 Å². The lowest BCUT2D eigenvalue weighted by Gasteiger charge is -2.07. The molecule has 0 fully saturated rings. The van der Waals surface area contributed by atoms with Crippen molar-refractivity contribution >= 4 is 10.0 Å². The van der Waals surface area contributed by atoms with Gasteiger partial charge < -0.3 is 0 Å². The van der Waals surface area contributed by atoms with Gasteiger partial charge in [0.1, 0.15) is 6.07 Å². The maximum absolute atomic E-state index is 12.0. The molecule has 1 aromatic rings. The summed E-state index contributed by atoms with van der Waals surface area (Å²) in [6.45, 7) is 2.56. The van der Waals surface area contributed by atoms with E-state index in [1.165, 1.54) is 25.0 Å². The van der Waals surface area contributed by atoms with Gasteiger partial charge in [-0.1, -0.05) is 44.7 Å². The average Bonchev–Trinajstić information content (AvgIpc) is 2.42. The Morgan fingerprint density at radius 3 is 2.53 bits per heavy atom. The minimum Gasteiger partial charge on any atom is -0.211 e. The molecular formula is C14H20N2O2S. The number of nitrogens with zero attached hydrogens (tertiary/aromatic N) is 1. The number of sulfonamides is 1. The van der Waals surface area contributed by atoms with E-state index in [1.54, 1.807) is 12.1 Å². The van der Waals surface area contributed by atoms with E-state index in [2.05, 4.69) is 11.6 Å². The Kier molecular flexibility index (Phi) is 6.54. The molecule has 0 atom stereocenters. The number of nitrogens with one attached hydrogen (secondary N) is 1. The van der Waals surface area contributed by atoms with Crippen LogP contribution in [0.5, 0.6) is 0 Å². The summed E-state index contributed by atoms with van der Waals surface area (Å²) in [6.07, 6.45) is 5.34. The van der Waals surface area contributed by atoms with Gasteiger partial charge in [0.15, 0.2) is 0 Å². The summed E-state index contributed by atoms with van der Waals surface area (Å²) in [6, 6.07) is 8.14. The molecule has 0 aliphatic carbocycles. The molecule has 104 valence electrons. The molecule has 1 aromatic carbocycles. The molecule has 0 aromatic heterocycles. The summed E-state index contributed by atoms with van der Waals surface area (Å²) in [5, 5.41) is 8.91. The summed E-state index contributed by atoms with van der Waals surface area (Å²) in [5.74, 6) is 0. The summed E-state index contributed by atoms with van der Waals surface area (Å²) < 4.78 is 26.6. The molecule has 5 heteroatoms. The molecule has 1 N–H and O–H groups in total. The molecule has 0 bridgehead atoms. The van der Waals surface area contributed by atoms with Crippen LogP contribution in [-0.4, -0.2) is 15.0 Å². The lowest BCUT2D eigenvalue weighted by atomic mass is 10.2. The van der Waals surface area contributed by atoms with Crippen molar-refractivity contribution in [1.29, 1.82) is 5.26 Å². The van der Waals surface area contributed by atoms with Gasteiger partial charge in [0.2, 0.25) is 10.0 Å². The van der Waals surface area contributed by atoms with Crippen molar-refractivity contribution in [2.75, 3.05) is 6.54 Å². The largest absolute Gasteiger partial charge is 0.241 e. The fraction of sp³-hybridized carbons (Fsp3) is 0.500. The Morgan fingerprint density at radius 1 is 1.16 bits per heavy atom. The van der Waals surface area contributed by atoms with Gasteiger partial charge in [-0.05, 0) is 18.6 Å². The Morgan fingerprint density at radius 2 is 1.84 bits per heavy atom. The van der Waals surface area contributed by atoms with E-state index in [4.69, 9.17) is 5.26 Å². The Balaban J connectivity index is 2.55. The van der Waals surface area contributed by atoms with Gasteiger partial charge in [0, 0.05) is 6.54 Å². The molecule has 0 aliphatic rings. The van der Waals surface area contributed by atoms with Crippen LogP contribution in [0.2, 0.25) is 0 Å². The lowest BCUT2D eigenvalue weighted by Crippen LogP contribution is -2.25. The van der Waals surface area contributed by atoms with Crippen LogP contribution in [0, 0.1) is 11.3 Å². The summed E-state index contributed by atoms with van der Waals surface area (Å²) in [7, 11) is -3.57. The van der Waals surface area contributed by atoms with E-state index in [-0.39, 0.29) is 10.5 Å². The summed E-state index contributed by atoms with van der Waals surface area (Å²) >= 11 is 0. The Bertz CT molecular complexity index is 533. The van der Waals surface area contributed by atoms with E-state index < -0.39 is 10.0 Å². The van der Waals surface area contributed by atoms with Crippen LogP contribution in [-0.2, 0) is 10.0 Å². The molecule has 0 heterocycles. The van der Waals surface area contributed by atoms with Crippen molar-refractivity contribution in [1.82, 2.24) is 4.72 Å². The van der Waals surface area contributed by atoms with Crippen LogP contribution in [0.3, 0.4) is 0 Å². The van der Waals surface area contributed by atoms with E-state index >= 15 is 0 Å². The number of rotatable bonds is 8. The molecule has 0 saturated carbocycles. The number of benzene rings is 1. The second-order valence-electron chi connectivity index (χ2n) is 4.42. The van der Waals surface area contributed by atoms with Gasteiger partial charge in [-0.2, -0.15) is 5.26 Å². The van der Waals surface area contributed by atoms with Gasteiger partial charge in [0.25, 0.3) is 0 Å². The van der Waals surface area contributed by atoms with E-state index in [9.17, 15) is 8.42 Å². The molecule has 0 saturated heterocycles. The average molecular weight is 280 g/mol. The third-order valence-electron chi connectivity index (χ3n) is 2.87. The summed E-state index contributed by atoms with van der Waals surface area (Å²) in [5.41, 5.74) is 0.181. The van der Waals surface area contributed by atoms with Crippen molar-refractivity contribution in [3.05, 3.63) is 29.8 Å². The molecule has 0 spiro atoms. The van der Waals surface area contributed by atoms with Gasteiger partial charge in [-0.15, -0.1) is 0 Å². The van der Waals surface area contributed by atoms with Crippen molar-refractivity contribution in [3.8, 4) is 6.07 Å². The van der Waals surface area contributed by atoms with Crippen LogP contribution in [0.1, 0.15) is 44.6 Å². The van der Waals surface area contributed by atoms with Crippen LogP contribution >= 0.6 is 0 Å². The monoisotopic (exact) mass is 280 g/mol. The van der Waals surface area contributed by atoms with E-state index in [0.717, 1.165) is 19.3 Å². The molecule has 4 nitrogen and oxygen atoms in total. The zero-order chi connectivity index (χ0) is 14.1. The van der Waals surface area contributed by atoms with Gasteiger partial charge in [0.05, 0.1) is 10.5 Å². The first-order valence-electron chi connectivity index (χ1n) is 6.60. The fourth-order valence-corrected chi connectivity index (χ4v) is 3.04. The van der Waals surface area contributed by atoms with E-state index in [0.29, 0.717) is 6.54 Å². The number of hydrogen-bond acceptors (Lipinski definition) is 3. The third-order valence-corrected chi connectivity index (χ3v) is 4.39. The van der Waals surface area contributed by atoms with Crippen LogP contribution in [0.25, 0.3) is 0 Å². The predicted octanol–water partition coefficient (Wildman–Crippen LogP) is 2.81. The highest BCUT2D eigenvalue weighted by Gasteiger charge is 2.16.